The van der Waals surface area contributed by atoms with Gasteiger partial charge in [-0.3, -0.25) is 0 Å². The minimum Gasteiger partial charge on any atom is -0.0928 e. The van der Waals surface area contributed by atoms with Gasteiger partial charge in [0.05, 0.1) is 0 Å². The first-order chi connectivity index (χ1) is 10.3. The molecule has 132 valence electrons. The molecule has 0 aromatic rings. The van der Waals surface area contributed by atoms with E-state index < -0.39 is 0 Å². The van der Waals surface area contributed by atoms with Crippen molar-refractivity contribution in [3.8, 4) is 0 Å². The molecule has 0 heterocycles. The molecule has 0 aliphatic carbocycles. The predicted octanol–water partition coefficient (Wildman–Crippen LogP) is 8.31. The third-order valence-corrected chi connectivity index (χ3v) is 4.54. The lowest BCUT2D eigenvalue weighted by atomic mass is 10.0. The maximum Gasteiger partial charge on any atom is 0.00338 e. The van der Waals surface area contributed by atoms with Crippen LogP contribution in [0, 0.1) is 11.8 Å². The van der Waals surface area contributed by atoms with Crippen LogP contribution >= 0.6 is 31.9 Å². The Labute approximate surface area is 157 Å². The molecule has 0 aliphatic heterocycles. The van der Waals surface area contributed by atoms with Crippen molar-refractivity contribution < 1.29 is 0 Å². The van der Waals surface area contributed by atoms with Gasteiger partial charge in [0.2, 0.25) is 0 Å². The van der Waals surface area contributed by atoms with E-state index in [1.807, 2.05) is 0 Å². The van der Waals surface area contributed by atoms with Gasteiger partial charge in [-0.05, 0) is 78.1 Å². The minimum absolute atomic E-state index is 0.866. The maximum atomic E-state index is 3.46. The molecule has 22 heavy (non-hydrogen) atoms. The maximum absolute atomic E-state index is 3.46. The SMILES string of the molecule is CC(C)=CCCC(C)CCBr.CC(C)=CCC[C@@H](C)CCBr. The first kappa shape index (κ1) is 24.7. The predicted molar refractivity (Wildman–Crippen MR) is 112 cm³/mol. The summed E-state index contributed by atoms with van der Waals surface area (Å²) in [4.78, 5) is 0. The van der Waals surface area contributed by atoms with E-state index >= 15 is 0 Å². The Morgan fingerprint density at radius 3 is 1.23 bits per heavy atom. The van der Waals surface area contributed by atoms with Crippen molar-refractivity contribution in [1.82, 2.24) is 0 Å². The van der Waals surface area contributed by atoms with Crippen LogP contribution in [0.15, 0.2) is 23.3 Å². The highest BCUT2D eigenvalue weighted by atomic mass is 79.9. The van der Waals surface area contributed by atoms with E-state index in [9.17, 15) is 0 Å². The number of alkyl halides is 2. The number of hydrogen-bond donors (Lipinski definition) is 0. The lowest BCUT2D eigenvalue weighted by molar-refractivity contribution is 0.526. The monoisotopic (exact) mass is 436 g/mol. The van der Waals surface area contributed by atoms with Crippen LogP contribution in [-0.4, -0.2) is 10.7 Å². The molecule has 0 aliphatic rings. The summed E-state index contributed by atoms with van der Waals surface area (Å²) < 4.78 is 0. The molecule has 0 bridgehead atoms. The Morgan fingerprint density at radius 2 is 1.00 bits per heavy atom. The molecule has 0 aromatic carbocycles. The zero-order valence-electron chi connectivity index (χ0n) is 15.7. The van der Waals surface area contributed by atoms with Crippen LogP contribution in [0.25, 0.3) is 0 Å². The van der Waals surface area contributed by atoms with E-state index in [-0.39, 0.29) is 0 Å². The smallest absolute Gasteiger partial charge is 0.00338 e. The van der Waals surface area contributed by atoms with Gasteiger partial charge in [-0.15, -0.1) is 0 Å². The summed E-state index contributed by atoms with van der Waals surface area (Å²) in [7, 11) is 0. The molecule has 0 radical (unpaired) electrons. The van der Waals surface area contributed by atoms with Gasteiger partial charge in [-0.2, -0.15) is 0 Å². The number of halogens is 2. The van der Waals surface area contributed by atoms with E-state index in [2.05, 4.69) is 85.6 Å². The molecular weight excluding hydrogens is 400 g/mol. The second-order valence-electron chi connectivity index (χ2n) is 6.88. The van der Waals surface area contributed by atoms with Crippen LogP contribution in [0.2, 0.25) is 0 Å². The summed E-state index contributed by atoms with van der Waals surface area (Å²) >= 11 is 6.91. The van der Waals surface area contributed by atoms with Crippen LogP contribution in [0.5, 0.6) is 0 Å². The first-order valence-corrected chi connectivity index (χ1v) is 11.0. The quantitative estimate of drug-likeness (QED) is 0.238. The highest BCUT2D eigenvalue weighted by Crippen LogP contribution is 2.13. The van der Waals surface area contributed by atoms with Gasteiger partial charge in [-0.1, -0.05) is 69.0 Å². The van der Waals surface area contributed by atoms with Gasteiger partial charge in [0.25, 0.3) is 0 Å². The Morgan fingerprint density at radius 1 is 0.682 bits per heavy atom. The average Bonchev–Trinajstić information content (AvgIpc) is 2.39. The molecule has 0 fully saturated rings. The molecule has 0 nitrogen and oxygen atoms in total. The van der Waals surface area contributed by atoms with Crippen molar-refractivity contribution in [2.45, 2.75) is 80.1 Å². The Balaban J connectivity index is 0. The summed E-state index contributed by atoms with van der Waals surface area (Å²) in [5.74, 6) is 1.73. The van der Waals surface area contributed by atoms with Crippen molar-refractivity contribution >= 4 is 31.9 Å². The third-order valence-electron chi connectivity index (χ3n) is 3.63. The zero-order chi connectivity index (χ0) is 17.4. The van der Waals surface area contributed by atoms with Gasteiger partial charge < -0.3 is 0 Å². The fraction of sp³-hybridized carbons (Fsp3) is 0.800. The Bertz CT molecular complexity index is 254. The fourth-order valence-corrected chi connectivity index (χ4v) is 3.54. The van der Waals surface area contributed by atoms with Crippen LogP contribution in [0.3, 0.4) is 0 Å². The van der Waals surface area contributed by atoms with Crippen molar-refractivity contribution in [3.63, 3.8) is 0 Å². The Kier molecular flexibility index (Phi) is 20.0. The third kappa shape index (κ3) is 22.7. The molecule has 1 unspecified atom stereocenters. The number of hydrogen-bond acceptors (Lipinski definition) is 0. The van der Waals surface area contributed by atoms with Crippen LogP contribution in [0.4, 0.5) is 0 Å². The molecule has 0 spiro atoms. The van der Waals surface area contributed by atoms with Crippen molar-refractivity contribution in [1.29, 1.82) is 0 Å². The standard InChI is InChI=1S/2C10H19Br/c2*1-9(2)5-4-6-10(3)7-8-11/h2*5,10H,4,6-8H2,1-3H3/t10-;/m1./s1. The van der Waals surface area contributed by atoms with E-state index in [0.717, 1.165) is 22.5 Å². The molecule has 0 N–H and O–H groups in total. The summed E-state index contributed by atoms with van der Waals surface area (Å²) in [6.07, 6.45) is 12.4. The second-order valence-corrected chi connectivity index (χ2v) is 8.47. The fourth-order valence-electron chi connectivity index (χ4n) is 1.97. The molecule has 0 saturated heterocycles. The molecule has 2 atom stereocenters. The van der Waals surface area contributed by atoms with E-state index in [0.29, 0.717) is 0 Å². The molecule has 0 amide bonds. The van der Waals surface area contributed by atoms with Crippen LogP contribution in [0.1, 0.15) is 80.1 Å². The molecule has 0 saturated carbocycles. The first-order valence-electron chi connectivity index (χ1n) is 8.72. The summed E-state index contributed by atoms with van der Waals surface area (Å²) in [6, 6.07) is 0. The molecule has 0 aromatic heterocycles. The van der Waals surface area contributed by atoms with Crippen LogP contribution < -0.4 is 0 Å². The van der Waals surface area contributed by atoms with Crippen molar-refractivity contribution in [3.05, 3.63) is 23.3 Å². The van der Waals surface area contributed by atoms with Gasteiger partial charge in [-0.25, -0.2) is 0 Å². The average molecular weight is 438 g/mol. The lowest BCUT2D eigenvalue weighted by Crippen LogP contribution is -1.93. The van der Waals surface area contributed by atoms with Crippen molar-refractivity contribution in [2.75, 3.05) is 10.7 Å². The molecule has 2 heteroatoms. The van der Waals surface area contributed by atoms with Gasteiger partial charge in [0.1, 0.15) is 0 Å². The number of rotatable bonds is 10. The summed E-state index contributed by atoms with van der Waals surface area (Å²) in [5, 5.41) is 2.28. The van der Waals surface area contributed by atoms with E-state index in [1.54, 1.807) is 0 Å². The Hall–Kier alpha value is 0.440. The minimum atomic E-state index is 0.866. The lowest BCUT2D eigenvalue weighted by Gasteiger charge is -2.06. The summed E-state index contributed by atoms with van der Waals surface area (Å²) in [6.45, 7) is 13.3. The highest BCUT2D eigenvalue weighted by molar-refractivity contribution is 9.09. The highest BCUT2D eigenvalue weighted by Gasteiger charge is 1.98. The molecule has 0 rings (SSSR count). The van der Waals surface area contributed by atoms with Gasteiger partial charge in [0, 0.05) is 10.7 Å². The van der Waals surface area contributed by atoms with E-state index in [1.165, 1.54) is 49.7 Å². The summed E-state index contributed by atoms with van der Waals surface area (Å²) in [5.41, 5.74) is 2.88. The molecular formula is C20H38Br2. The number of allylic oxidation sites excluding steroid dienone is 4. The van der Waals surface area contributed by atoms with Crippen molar-refractivity contribution in [2.24, 2.45) is 11.8 Å². The normalized spacial score (nSPS) is 12.7. The van der Waals surface area contributed by atoms with Gasteiger partial charge >= 0.3 is 0 Å². The zero-order valence-corrected chi connectivity index (χ0v) is 18.9. The second kappa shape index (κ2) is 17.8. The van der Waals surface area contributed by atoms with Gasteiger partial charge in [0.15, 0.2) is 0 Å². The van der Waals surface area contributed by atoms with Crippen LogP contribution in [-0.2, 0) is 0 Å². The largest absolute Gasteiger partial charge is 0.0928 e. The van der Waals surface area contributed by atoms with E-state index in [4.69, 9.17) is 0 Å². The topological polar surface area (TPSA) is 0 Å².